The van der Waals surface area contributed by atoms with E-state index in [1.165, 1.54) is 24.3 Å². The van der Waals surface area contributed by atoms with E-state index in [0.29, 0.717) is 23.5 Å². The maximum atomic E-state index is 11.8. The van der Waals surface area contributed by atoms with Crippen molar-refractivity contribution in [2.75, 3.05) is 20.5 Å². The molecule has 1 atom stereocenters. The first-order valence-electron chi connectivity index (χ1n) is 7.00. The Morgan fingerprint density at radius 1 is 1.57 bits per heavy atom. The number of carbonyl (C=O) groups excluding carboxylic acids is 1. The average Bonchev–Trinajstić information content (AvgIpc) is 2.52. The van der Waals surface area contributed by atoms with Crippen molar-refractivity contribution in [3.05, 3.63) is 39.4 Å². The Balaban J connectivity index is 2.21. The molecule has 2 rings (SSSR count). The number of nitrogens with one attached hydrogen (secondary N) is 1. The van der Waals surface area contributed by atoms with Gasteiger partial charge in [-0.25, -0.2) is 0 Å². The van der Waals surface area contributed by atoms with Gasteiger partial charge >= 0.3 is 0 Å². The molecule has 0 radical (unpaired) electrons. The highest BCUT2D eigenvalue weighted by molar-refractivity contribution is 5.92. The third-order valence-corrected chi connectivity index (χ3v) is 3.15. The van der Waals surface area contributed by atoms with Gasteiger partial charge in [0.15, 0.2) is 6.79 Å². The summed E-state index contributed by atoms with van der Waals surface area (Å²) in [5.74, 6) is 0.178. The Bertz CT molecular complexity index is 629. The normalized spacial score (nSPS) is 14.9. The standard InChI is InChI=1S/C15H18N2O6/c1-10(7-21-2)16-14(18)4-3-11-5-13(17(19)20)6-12-8-22-9-23-15(11)12/h3-6,10H,7-9H2,1-2H3,(H,16,18)/b4-3+. The van der Waals surface area contributed by atoms with Crippen molar-refractivity contribution in [1.29, 1.82) is 0 Å². The number of ether oxygens (including phenoxy) is 3. The van der Waals surface area contributed by atoms with Gasteiger partial charge < -0.3 is 19.5 Å². The third kappa shape index (κ3) is 4.51. The van der Waals surface area contributed by atoms with Gasteiger partial charge in [-0.15, -0.1) is 0 Å². The lowest BCUT2D eigenvalue weighted by Crippen LogP contribution is -2.34. The molecule has 1 heterocycles. The minimum absolute atomic E-state index is 0.0721. The van der Waals surface area contributed by atoms with Gasteiger partial charge in [0, 0.05) is 42.5 Å². The van der Waals surface area contributed by atoms with E-state index in [0.717, 1.165) is 0 Å². The molecule has 23 heavy (non-hydrogen) atoms. The van der Waals surface area contributed by atoms with Crippen LogP contribution in [0.5, 0.6) is 5.75 Å². The van der Waals surface area contributed by atoms with E-state index in [4.69, 9.17) is 14.2 Å². The van der Waals surface area contributed by atoms with E-state index in [1.807, 2.05) is 6.92 Å². The molecule has 8 nitrogen and oxygen atoms in total. The molecule has 0 saturated carbocycles. The number of nitro benzene ring substituents is 1. The van der Waals surface area contributed by atoms with Crippen LogP contribution in [0.2, 0.25) is 0 Å². The number of nitro groups is 1. The largest absolute Gasteiger partial charge is 0.467 e. The number of nitrogens with zero attached hydrogens (tertiary/aromatic N) is 1. The third-order valence-electron chi connectivity index (χ3n) is 3.15. The van der Waals surface area contributed by atoms with Crippen LogP contribution >= 0.6 is 0 Å². The van der Waals surface area contributed by atoms with E-state index in [9.17, 15) is 14.9 Å². The molecule has 0 aliphatic carbocycles. The zero-order valence-corrected chi connectivity index (χ0v) is 12.9. The number of non-ortho nitro benzene ring substituents is 1. The van der Waals surface area contributed by atoms with Gasteiger partial charge in [-0.3, -0.25) is 14.9 Å². The molecule has 0 spiro atoms. The van der Waals surface area contributed by atoms with Crippen LogP contribution in [-0.2, 0) is 20.9 Å². The van der Waals surface area contributed by atoms with Gasteiger partial charge in [0.1, 0.15) is 5.75 Å². The molecule has 1 aliphatic heterocycles. The fraction of sp³-hybridized carbons (Fsp3) is 0.400. The Labute approximate surface area is 133 Å². The molecule has 1 aromatic rings. The molecule has 0 fully saturated rings. The molecule has 0 saturated heterocycles. The zero-order chi connectivity index (χ0) is 16.8. The van der Waals surface area contributed by atoms with Crippen LogP contribution in [0.25, 0.3) is 6.08 Å². The summed E-state index contributed by atoms with van der Waals surface area (Å²) in [5.41, 5.74) is 0.968. The molecule has 8 heteroatoms. The van der Waals surface area contributed by atoms with Crippen molar-refractivity contribution < 1.29 is 23.9 Å². The SMILES string of the molecule is COCC(C)NC(=O)/C=C/c1cc([N+](=O)[O-])cc2c1OCOC2. The summed E-state index contributed by atoms with van der Waals surface area (Å²) in [7, 11) is 1.55. The molecule has 0 bridgehead atoms. The minimum Gasteiger partial charge on any atom is -0.467 e. The summed E-state index contributed by atoms with van der Waals surface area (Å²) >= 11 is 0. The number of carbonyl (C=O) groups is 1. The number of fused-ring (bicyclic) bond motifs is 1. The van der Waals surface area contributed by atoms with Crippen molar-refractivity contribution in [2.24, 2.45) is 0 Å². The lowest BCUT2D eigenvalue weighted by molar-refractivity contribution is -0.385. The Morgan fingerprint density at radius 2 is 2.35 bits per heavy atom. The van der Waals surface area contributed by atoms with E-state index in [1.54, 1.807) is 7.11 Å². The van der Waals surface area contributed by atoms with Crippen LogP contribution < -0.4 is 10.1 Å². The van der Waals surface area contributed by atoms with Gasteiger partial charge in [-0.05, 0) is 13.0 Å². The van der Waals surface area contributed by atoms with E-state index in [-0.39, 0.29) is 31.0 Å². The maximum absolute atomic E-state index is 11.8. The number of methoxy groups -OCH3 is 1. The Kier molecular flexibility index (Phi) is 5.67. The first kappa shape index (κ1) is 16.9. The average molecular weight is 322 g/mol. The predicted octanol–water partition coefficient (Wildman–Crippen LogP) is 1.63. The summed E-state index contributed by atoms with van der Waals surface area (Å²) in [6, 6.07) is 2.64. The molecule has 0 aromatic heterocycles. The minimum atomic E-state index is -0.493. The van der Waals surface area contributed by atoms with Crippen LogP contribution in [0.4, 0.5) is 5.69 Å². The molecule has 1 N–H and O–H groups in total. The highest BCUT2D eigenvalue weighted by atomic mass is 16.7. The lowest BCUT2D eigenvalue weighted by Gasteiger charge is -2.19. The summed E-state index contributed by atoms with van der Waals surface area (Å²) in [5, 5.41) is 13.7. The summed E-state index contributed by atoms with van der Waals surface area (Å²) in [6.45, 7) is 2.51. The lowest BCUT2D eigenvalue weighted by atomic mass is 10.1. The fourth-order valence-corrected chi connectivity index (χ4v) is 2.21. The first-order valence-corrected chi connectivity index (χ1v) is 7.00. The molecule has 124 valence electrons. The van der Waals surface area contributed by atoms with Crippen LogP contribution in [0.3, 0.4) is 0 Å². The summed E-state index contributed by atoms with van der Waals surface area (Å²) in [6.07, 6.45) is 2.80. The summed E-state index contributed by atoms with van der Waals surface area (Å²) in [4.78, 5) is 22.3. The Hall–Kier alpha value is -2.45. The van der Waals surface area contributed by atoms with Gasteiger partial charge in [0.05, 0.1) is 18.1 Å². The molecule has 1 amide bonds. The molecular formula is C15H18N2O6. The van der Waals surface area contributed by atoms with Gasteiger partial charge in [0.2, 0.25) is 5.91 Å². The second-order valence-corrected chi connectivity index (χ2v) is 5.09. The number of amides is 1. The molecule has 1 unspecified atom stereocenters. The van der Waals surface area contributed by atoms with Crippen molar-refractivity contribution in [2.45, 2.75) is 19.6 Å². The van der Waals surface area contributed by atoms with E-state index >= 15 is 0 Å². The number of benzene rings is 1. The first-order chi connectivity index (χ1) is 11.0. The van der Waals surface area contributed by atoms with Crippen molar-refractivity contribution in [3.8, 4) is 5.75 Å². The van der Waals surface area contributed by atoms with E-state index in [2.05, 4.69) is 5.32 Å². The number of hydrogen-bond acceptors (Lipinski definition) is 6. The van der Waals surface area contributed by atoms with Gasteiger partial charge in [0.25, 0.3) is 5.69 Å². The van der Waals surface area contributed by atoms with Crippen LogP contribution in [-0.4, -0.2) is 37.4 Å². The smallest absolute Gasteiger partial charge is 0.270 e. The molecule has 1 aromatic carbocycles. The monoisotopic (exact) mass is 322 g/mol. The van der Waals surface area contributed by atoms with Crippen LogP contribution in [0.15, 0.2) is 18.2 Å². The number of hydrogen-bond donors (Lipinski definition) is 1. The Morgan fingerprint density at radius 3 is 3.04 bits per heavy atom. The van der Waals surface area contributed by atoms with Crippen LogP contribution in [0.1, 0.15) is 18.1 Å². The molecular weight excluding hydrogens is 304 g/mol. The predicted molar refractivity (Wildman–Crippen MR) is 81.9 cm³/mol. The van der Waals surface area contributed by atoms with Crippen LogP contribution in [0, 0.1) is 10.1 Å². The zero-order valence-electron chi connectivity index (χ0n) is 12.9. The van der Waals surface area contributed by atoms with Crippen molar-refractivity contribution in [3.63, 3.8) is 0 Å². The second-order valence-electron chi connectivity index (χ2n) is 5.09. The second kappa shape index (κ2) is 7.70. The quantitative estimate of drug-likeness (QED) is 0.485. The maximum Gasteiger partial charge on any atom is 0.270 e. The highest BCUT2D eigenvalue weighted by Crippen LogP contribution is 2.33. The summed E-state index contributed by atoms with van der Waals surface area (Å²) < 4.78 is 15.5. The molecule has 1 aliphatic rings. The van der Waals surface area contributed by atoms with Gasteiger partial charge in [-0.1, -0.05) is 0 Å². The van der Waals surface area contributed by atoms with Crippen molar-refractivity contribution in [1.82, 2.24) is 5.32 Å². The van der Waals surface area contributed by atoms with Gasteiger partial charge in [-0.2, -0.15) is 0 Å². The topological polar surface area (TPSA) is 99.9 Å². The fourth-order valence-electron chi connectivity index (χ4n) is 2.21. The van der Waals surface area contributed by atoms with Crippen molar-refractivity contribution >= 4 is 17.7 Å². The highest BCUT2D eigenvalue weighted by Gasteiger charge is 2.19. The number of rotatable bonds is 6. The van der Waals surface area contributed by atoms with E-state index < -0.39 is 4.92 Å².